The molecule has 4 nitrogen and oxygen atoms in total. The van der Waals surface area contributed by atoms with Crippen LogP contribution in [0.5, 0.6) is 0 Å². The molecule has 2 N–H and O–H groups in total. The molecule has 0 aromatic carbocycles. The maximum absolute atomic E-state index is 5.94. The Labute approximate surface area is 98.1 Å². The summed E-state index contributed by atoms with van der Waals surface area (Å²) in [6.07, 6.45) is 1.24. The van der Waals surface area contributed by atoms with E-state index < -0.39 is 5.79 Å². The van der Waals surface area contributed by atoms with Crippen LogP contribution in [0.15, 0.2) is 0 Å². The quantitative estimate of drug-likeness (QED) is 0.776. The molecule has 2 fully saturated rings. The molecule has 2 aliphatic rings. The number of ether oxygens (including phenoxy) is 2. The molecule has 2 heterocycles. The van der Waals surface area contributed by atoms with Crippen molar-refractivity contribution in [2.75, 3.05) is 26.2 Å². The lowest BCUT2D eigenvalue weighted by atomic mass is 9.99. The second kappa shape index (κ2) is 4.61. The van der Waals surface area contributed by atoms with E-state index in [0.29, 0.717) is 25.1 Å². The Balaban J connectivity index is 1.94. The third kappa shape index (κ3) is 2.25. The second-order valence-electron chi connectivity index (χ2n) is 5.38. The van der Waals surface area contributed by atoms with Gasteiger partial charge >= 0.3 is 0 Å². The number of rotatable bonds is 3. The molecule has 94 valence electrons. The average molecular weight is 228 g/mol. The Hall–Kier alpha value is -0.160. The van der Waals surface area contributed by atoms with Gasteiger partial charge < -0.3 is 20.1 Å². The molecule has 0 amide bonds. The summed E-state index contributed by atoms with van der Waals surface area (Å²) >= 11 is 0. The van der Waals surface area contributed by atoms with E-state index in [-0.39, 0.29) is 6.10 Å². The van der Waals surface area contributed by atoms with Crippen LogP contribution >= 0.6 is 0 Å². The smallest absolute Gasteiger partial charge is 0.170 e. The van der Waals surface area contributed by atoms with Gasteiger partial charge in [-0.25, -0.2) is 0 Å². The van der Waals surface area contributed by atoms with Crippen molar-refractivity contribution in [3.05, 3.63) is 0 Å². The summed E-state index contributed by atoms with van der Waals surface area (Å²) in [4.78, 5) is 2.48. The van der Waals surface area contributed by atoms with E-state index in [1.807, 2.05) is 0 Å². The fourth-order valence-corrected chi connectivity index (χ4v) is 2.67. The Bertz CT molecular complexity index is 247. The Morgan fingerprint density at radius 3 is 2.75 bits per heavy atom. The highest BCUT2D eigenvalue weighted by atomic mass is 16.7. The molecule has 0 radical (unpaired) electrons. The van der Waals surface area contributed by atoms with E-state index in [0.717, 1.165) is 19.5 Å². The summed E-state index contributed by atoms with van der Waals surface area (Å²) in [6.45, 7) is 9.97. The fraction of sp³-hybridized carbons (Fsp3) is 1.00. The molecule has 2 aliphatic heterocycles. The molecule has 0 bridgehead atoms. The minimum absolute atomic E-state index is 0.0816. The van der Waals surface area contributed by atoms with E-state index in [1.165, 1.54) is 0 Å². The Kier molecular flexibility index (Phi) is 3.54. The Morgan fingerprint density at radius 2 is 2.25 bits per heavy atom. The highest BCUT2D eigenvalue weighted by molar-refractivity contribution is 4.89. The van der Waals surface area contributed by atoms with Gasteiger partial charge in [0.2, 0.25) is 0 Å². The molecule has 0 aliphatic carbocycles. The number of likely N-dealkylation sites (tertiary alicyclic amines) is 1. The minimum Gasteiger partial charge on any atom is -0.347 e. The van der Waals surface area contributed by atoms with Gasteiger partial charge in [0.1, 0.15) is 0 Å². The molecular weight excluding hydrogens is 204 g/mol. The first-order valence-electron chi connectivity index (χ1n) is 6.31. The molecule has 0 aromatic rings. The predicted octanol–water partition coefficient (Wildman–Crippen LogP) is 0.807. The summed E-state index contributed by atoms with van der Waals surface area (Å²) in [5.74, 6) is 0.0691. The van der Waals surface area contributed by atoms with Gasteiger partial charge in [-0.15, -0.1) is 0 Å². The number of nitrogens with two attached hydrogens (primary N) is 1. The molecule has 3 unspecified atom stereocenters. The average Bonchev–Trinajstić information content (AvgIpc) is 2.84. The van der Waals surface area contributed by atoms with Gasteiger partial charge in [-0.2, -0.15) is 0 Å². The molecule has 0 aromatic heterocycles. The monoisotopic (exact) mass is 228 g/mol. The predicted molar refractivity (Wildman–Crippen MR) is 63.1 cm³/mol. The molecule has 0 saturated carbocycles. The summed E-state index contributed by atoms with van der Waals surface area (Å²) in [7, 11) is 0. The SMILES string of the molecule is CC(C)N1CCC(C2(C)OCC(CN)O2)C1. The first-order valence-corrected chi connectivity index (χ1v) is 6.31. The number of nitrogens with zero attached hydrogens (tertiary/aromatic N) is 1. The van der Waals surface area contributed by atoms with Crippen LogP contribution in [0.4, 0.5) is 0 Å². The molecule has 16 heavy (non-hydrogen) atoms. The van der Waals surface area contributed by atoms with Gasteiger partial charge in [-0.1, -0.05) is 0 Å². The molecular formula is C12H24N2O2. The molecule has 3 atom stereocenters. The van der Waals surface area contributed by atoms with Gasteiger partial charge in [0, 0.05) is 25.0 Å². The third-order valence-electron chi connectivity index (χ3n) is 3.91. The molecule has 2 rings (SSSR count). The zero-order valence-electron chi connectivity index (χ0n) is 10.6. The highest BCUT2D eigenvalue weighted by Gasteiger charge is 2.46. The summed E-state index contributed by atoms with van der Waals surface area (Å²) < 4.78 is 11.8. The fourth-order valence-electron chi connectivity index (χ4n) is 2.67. The lowest BCUT2D eigenvalue weighted by molar-refractivity contribution is -0.187. The molecule has 4 heteroatoms. The number of hydrogen-bond acceptors (Lipinski definition) is 4. The Morgan fingerprint density at radius 1 is 1.50 bits per heavy atom. The maximum Gasteiger partial charge on any atom is 0.170 e. The van der Waals surface area contributed by atoms with E-state index in [2.05, 4.69) is 25.7 Å². The number of hydrogen-bond donors (Lipinski definition) is 1. The van der Waals surface area contributed by atoms with Gasteiger partial charge in [0.15, 0.2) is 5.79 Å². The van der Waals surface area contributed by atoms with E-state index in [4.69, 9.17) is 15.2 Å². The standard InChI is InChI=1S/C12H24N2O2/c1-9(2)14-5-4-10(7-14)12(3)15-8-11(6-13)16-12/h9-11H,4-8,13H2,1-3H3. The van der Waals surface area contributed by atoms with E-state index >= 15 is 0 Å². The summed E-state index contributed by atoms with van der Waals surface area (Å²) in [5.41, 5.74) is 5.61. The van der Waals surface area contributed by atoms with Crippen LogP contribution in [0.3, 0.4) is 0 Å². The van der Waals surface area contributed by atoms with Crippen molar-refractivity contribution in [1.82, 2.24) is 4.90 Å². The first-order chi connectivity index (χ1) is 7.55. The highest BCUT2D eigenvalue weighted by Crippen LogP contribution is 2.36. The topological polar surface area (TPSA) is 47.7 Å². The molecule has 0 spiro atoms. The lowest BCUT2D eigenvalue weighted by Crippen LogP contribution is -2.40. The van der Waals surface area contributed by atoms with Crippen molar-refractivity contribution in [2.24, 2.45) is 11.7 Å². The normalized spacial score (nSPS) is 41.1. The van der Waals surface area contributed by atoms with Crippen molar-refractivity contribution in [3.63, 3.8) is 0 Å². The van der Waals surface area contributed by atoms with Crippen LogP contribution in [0, 0.1) is 5.92 Å². The zero-order chi connectivity index (χ0) is 11.8. The van der Waals surface area contributed by atoms with E-state index in [1.54, 1.807) is 0 Å². The van der Waals surface area contributed by atoms with Gasteiger partial charge in [-0.05, 0) is 33.7 Å². The largest absolute Gasteiger partial charge is 0.347 e. The zero-order valence-corrected chi connectivity index (χ0v) is 10.6. The summed E-state index contributed by atoms with van der Waals surface area (Å²) in [5, 5.41) is 0. The minimum atomic E-state index is -0.409. The maximum atomic E-state index is 5.94. The van der Waals surface area contributed by atoms with E-state index in [9.17, 15) is 0 Å². The van der Waals surface area contributed by atoms with Crippen molar-refractivity contribution in [2.45, 2.75) is 45.1 Å². The van der Waals surface area contributed by atoms with Crippen molar-refractivity contribution >= 4 is 0 Å². The van der Waals surface area contributed by atoms with Gasteiger partial charge in [0.05, 0.1) is 12.7 Å². The van der Waals surface area contributed by atoms with Crippen molar-refractivity contribution in [1.29, 1.82) is 0 Å². The van der Waals surface area contributed by atoms with Crippen molar-refractivity contribution in [3.8, 4) is 0 Å². The van der Waals surface area contributed by atoms with Crippen LogP contribution in [0.25, 0.3) is 0 Å². The molecule has 2 saturated heterocycles. The van der Waals surface area contributed by atoms with Crippen LogP contribution in [-0.4, -0.2) is 49.1 Å². The van der Waals surface area contributed by atoms with Crippen LogP contribution < -0.4 is 5.73 Å². The first kappa shape index (κ1) is 12.3. The van der Waals surface area contributed by atoms with Crippen LogP contribution in [-0.2, 0) is 9.47 Å². The third-order valence-corrected chi connectivity index (χ3v) is 3.91. The van der Waals surface area contributed by atoms with Gasteiger partial charge in [0.25, 0.3) is 0 Å². The van der Waals surface area contributed by atoms with Crippen LogP contribution in [0.1, 0.15) is 27.2 Å². The second-order valence-corrected chi connectivity index (χ2v) is 5.38. The summed E-state index contributed by atoms with van der Waals surface area (Å²) in [6, 6.07) is 0.611. The van der Waals surface area contributed by atoms with Gasteiger partial charge in [-0.3, -0.25) is 0 Å². The lowest BCUT2D eigenvalue weighted by Gasteiger charge is -2.30. The van der Waals surface area contributed by atoms with Crippen LogP contribution in [0.2, 0.25) is 0 Å². The van der Waals surface area contributed by atoms with Crippen molar-refractivity contribution < 1.29 is 9.47 Å².